The third-order valence-electron chi connectivity index (χ3n) is 6.04. The number of anilines is 1. The van der Waals surface area contributed by atoms with Crippen LogP contribution in [0.25, 0.3) is 6.08 Å². The lowest BCUT2D eigenvalue weighted by atomic mass is 9.95. The number of methoxy groups -OCH3 is 1. The van der Waals surface area contributed by atoms with Gasteiger partial charge in [0, 0.05) is 12.1 Å². The van der Waals surface area contributed by atoms with Gasteiger partial charge < -0.3 is 19.6 Å². The maximum Gasteiger partial charge on any atom is 0.260 e. The molecule has 1 saturated heterocycles. The number of benzene rings is 2. The fraction of sp³-hybridized carbons (Fsp3) is 0.375. The number of ether oxygens (including phenoxy) is 1. The van der Waals surface area contributed by atoms with Crippen molar-refractivity contribution in [1.82, 2.24) is 4.90 Å². The molecule has 2 heterocycles. The number of halogens is 1. The zero-order valence-electron chi connectivity index (χ0n) is 19.3. The van der Waals surface area contributed by atoms with Gasteiger partial charge in [0.25, 0.3) is 5.72 Å². The third kappa shape index (κ3) is 4.35. The van der Waals surface area contributed by atoms with E-state index in [0.717, 1.165) is 24.0 Å². The van der Waals surface area contributed by atoms with E-state index in [1.54, 1.807) is 44.2 Å². The van der Waals surface area contributed by atoms with Crippen LogP contribution in [-0.2, 0) is 20.6 Å². The van der Waals surface area contributed by atoms with Crippen molar-refractivity contribution in [3.63, 3.8) is 0 Å². The Morgan fingerprint density at radius 1 is 1.29 bits per heavy atom. The highest BCUT2D eigenvalue weighted by Crippen LogP contribution is 2.40. The molecule has 0 saturated carbocycles. The number of oxime groups is 1. The molecule has 34 heavy (non-hydrogen) atoms. The lowest BCUT2D eigenvalue weighted by Crippen LogP contribution is -2.51. The van der Waals surface area contributed by atoms with Crippen LogP contribution in [0.15, 0.2) is 53.2 Å². The number of piperidine rings is 1. The number of fused-ring (bicyclic) bond motifs is 1. The first-order valence-corrected chi connectivity index (χ1v) is 12.6. The number of aliphatic hydroxyl groups is 1. The molecule has 4 rings (SSSR count). The summed E-state index contributed by atoms with van der Waals surface area (Å²) in [5, 5.41) is 14.0. The second kappa shape index (κ2) is 9.27. The van der Waals surface area contributed by atoms with Gasteiger partial charge >= 0.3 is 0 Å². The van der Waals surface area contributed by atoms with Gasteiger partial charge in [0.1, 0.15) is 18.2 Å². The Morgan fingerprint density at radius 2 is 2.03 bits per heavy atom. The van der Waals surface area contributed by atoms with E-state index in [9.17, 15) is 17.9 Å². The molecule has 0 bridgehead atoms. The van der Waals surface area contributed by atoms with E-state index >= 15 is 0 Å². The minimum atomic E-state index is -3.52. The van der Waals surface area contributed by atoms with Crippen LogP contribution in [0.1, 0.15) is 37.8 Å². The van der Waals surface area contributed by atoms with Crippen LogP contribution < -0.4 is 9.46 Å². The molecule has 182 valence electrons. The van der Waals surface area contributed by atoms with Gasteiger partial charge in [-0.05, 0) is 80.3 Å². The summed E-state index contributed by atoms with van der Waals surface area (Å²) in [4.78, 5) is 7.67. The van der Waals surface area contributed by atoms with E-state index < -0.39 is 21.0 Å². The number of aliphatic hydroxyl groups excluding tert-OH is 1. The van der Waals surface area contributed by atoms with Crippen LogP contribution >= 0.6 is 0 Å². The van der Waals surface area contributed by atoms with Gasteiger partial charge in [-0.3, -0.25) is 4.72 Å². The first kappa shape index (κ1) is 24.0. The minimum absolute atomic E-state index is 0.350. The molecular formula is C24H28FN3O5S. The number of nitrogens with one attached hydrogen (secondary N) is 1. The predicted octanol–water partition coefficient (Wildman–Crippen LogP) is 3.65. The Kier molecular flexibility index (Phi) is 6.55. The number of hydrogen-bond donors (Lipinski definition) is 2. The van der Waals surface area contributed by atoms with E-state index in [4.69, 9.17) is 9.57 Å². The number of rotatable bonds is 7. The number of sulfonamides is 1. The maximum atomic E-state index is 13.5. The second-order valence-electron chi connectivity index (χ2n) is 8.54. The zero-order chi connectivity index (χ0) is 24.5. The second-order valence-corrected chi connectivity index (χ2v) is 10.8. The van der Waals surface area contributed by atoms with Gasteiger partial charge in [-0.1, -0.05) is 11.2 Å². The molecule has 1 unspecified atom stereocenters. The van der Waals surface area contributed by atoms with Crippen molar-refractivity contribution in [2.75, 3.05) is 25.0 Å². The average molecular weight is 490 g/mol. The minimum Gasteiger partial charge on any atom is -0.495 e. The lowest BCUT2D eigenvalue weighted by molar-refractivity contribution is -0.137. The molecule has 0 spiro atoms. The van der Waals surface area contributed by atoms with Crippen LogP contribution in [0.4, 0.5) is 10.1 Å². The van der Waals surface area contributed by atoms with E-state index in [-0.39, 0.29) is 12.4 Å². The molecule has 1 fully saturated rings. The smallest absolute Gasteiger partial charge is 0.260 e. The SMILES string of the molecule is COc1cc(C=C2CCCN3C2=NOC3(CO)c2ccc(F)cc2)ccc1NS(=O)(=O)C(C)C. The van der Waals surface area contributed by atoms with Crippen molar-refractivity contribution in [2.45, 2.75) is 37.7 Å². The summed E-state index contributed by atoms with van der Waals surface area (Å²) in [6, 6.07) is 11.0. The topological polar surface area (TPSA) is 100 Å². The molecule has 1 atom stereocenters. The Bertz CT molecular complexity index is 1230. The van der Waals surface area contributed by atoms with Gasteiger partial charge in [-0.15, -0.1) is 0 Å². The van der Waals surface area contributed by atoms with Crippen LogP contribution in [0.3, 0.4) is 0 Å². The molecule has 2 aromatic rings. The predicted molar refractivity (Wildman–Crippen MR) is 128 cm³/mol. The van der Waals surface area contributed by atoms with Crippen molar-refractivity contribution in [1.29, 1.82) is 0 Å². The van der Waals surface area contributed by atoms with E-state index in [2.05, 4.69) is 9.88 Å². The molecular weight excluding hydrogens is 461 g/mol. The largest absolute Gasteiger partial charge is 0.495 e. The van der Waals surface area contributed by atoms with E-state index in [1.165, 1.54) is 19.2 Å². The molecule has 2 aliphatic heterocycles. The third-order valence-corrected chi connectivity index (χ3v) is 7.78. The van der Waals surface area contributed by atoms with Crippen LogP contribution in [0.5, 0.6) is 5.75 Å². The van der Waals surface area contributed by atoms with Crippen LogP contribution in [0.2, 0.25) is 0 Å². The molecule has 10 heteroatoms. The summed E-state index contributed by atoms with van der Waals surface area (Å²) in [6.45, 7) is 3.47. The molecule has 0 amide bonds. The first-order chi connectivity index (χ1) is 16.2. The van der Waals surface area contributed by atoms with Crippen LogP contribution in [-0.4, -0.2) is 49.8 Å². The fourth-order valence-corrected chi connectivity index (χ4v) is 4.77. The van der Waals surface area contributed by atoms with Crippen molar-refractivity contribution in [2.24, 2.45) is 5.16 Å². The summed E-state index contributed by atoms with van der Waals surface area (Å²) in [6.07, 6.45) is 3.49. The van der Waals surface area contributed by atoms with Crippen molar-refractivity contribution < 1.29 is 27.5 Å². The summed E-state index contributed by atoms with van der Waals surface area (Å²) in [5.74, 6) is 0.628. The zero-order valence-corrected chi connectivity index (χ0v) is 20.1. The molecule has 0 aliphatic carbocycles. The van der Waals surface area contributed by atoms with Crippen molar-refractivity contribution in [3.8, 4) is 5.75 Å². The summed E-state index contributed by atoms with van der Waals surface area (Å²) < 4.78 is 46.0. The van der Waals surface area contributed by atoms with Gasteiger partial charge in [0.2, 0.25) is 10.0 Å². The number of hydrogen-bond acceptors (Lipinski definition) is 7. The van der Waals surface area contributed by atoms with Gasteiger partial charge in [-0.2, -0.15) is 0 Å². The molecule has 2 N–H and O–H groups in total. The highest BCUT2D eigenvalue weighted by Gasteiger charge is 2.49. The van der Waals surface area contributed by atoms with Crippen molar-refractivity contribution in [3.05, 3.63) is 65.0 Å². The van der Waals surface area contributed by atoms with Crippen molar-refractivity contribution >= 4 is 27.6 Å². The monoisotopic (exact) mass is 489 g/mol. The Morgan fingerprint density at radius 3 is 2.68 bits per heavy atom. The first-order valence-electron chi connectivity index (χ1n) is 11.0. The lowest BCUT2D eigenvalue weighted by Gasteiger charge is -2.38. The standard InChI is InChI=1S/C24H28FN3O5S/c1-16(2)34(30,31)27-21-11-6-17(14-22(21)32-3)13-18-5-4-12-28-23(18)26-33-24(28,15-29)19-7-9-20(25)10-8-19/h6-11,13-14,16,27,29H,4-5,12,15H2,1-3H3. The molecule has 2 aromatic carbocycles. The Hall–Kier alpha value is -3.11. The number of nitrogens with zero attached hydrogens (tertiary/aromatic N) is 2. The molecule has 8 nitrogen and oxygen atoms in total. The molecule has 0 radical (unpaired) electrons. The quantitative estimate of drug-likeness (QED) is 0.616. The van der Waals surface area contributed by atoms with Gasteiger partial charge in [0.05, 0.1) is 18.0 Å². The molecule has 0 aromatic heterocycles. The van der Waals surface area contributed by atoms with Gasteiger partial charge in [0.15, 0.2) is 5.84 Å². The average Bonchev–Trinajstić information content (AvgIpc) is 3.21. The summed E-state index contributed by atoms with van der Waals surface area (Å²) in [7, 11) is -2.03. The Balaban J connectivity index is 1.64. The summed E-state index contributed by atoms with van der Waals surface area (Å²) in [5.41, 5.74) is 1.47. The van der Waals surface area contributed by atoms with E-state index in [0.29, 0.717) is 29.4 Å². The van der Waals surface area contributed by atoms with Crippen LogP contribution in [0, 0.1) is 5.82 Å². The maximum absolute atomic E-state index is 13.5. The number of amidine groups is 1. The normalized spacial score (nSPS) is 21.3. The Labute approximate surface area is 198 Å². The van der Waals surface area contributed by atoms with Gasteiger partial charge in [-0.25, -0.2) is 12.8 Å². The molecule has 2 aliphatic rings. The highest BCUT2D eigenvalue weighted by atomic mass is 32.2. The van der Waals surface area contributed by atoms with E-state index in [1.807, 2.05) is 11.0 Å². The highest BCUT2D eigenvalue weighted by molar-refractivity contribution is 7.93. The summed E-state index contributed by atoms with van der Waals surface area (Å²) >= 11 is 0. The fourth-order valence-electron chi connectivity index (χ4n) is 4.06.